The van der Waals surface area contributed by atoms with E-state index in [0.29, 0.717) is 17.8 Å². The molecule has 0 spiro atoms. The third-order valence-corrected chi connectivity index (χ3v) is 5.76. The lowest BCUT2D eigenvalue weighted by Gasteiger charge is -2.22. The van der Waals surface area contributed by atoms with E-state index >= 15 is 0 Å². The van der Waals surface area contributed by atoms with Gasteiger partial charge in [0.15, 0.2) is 0 Å². The number of sulfonamides is 1. The third-order valence-electron chi connectivity index (χ3n) is 3.88. The van der Waals surface area contributed by atoms with Gasteiger partial charge in [-0.05, 0) is 75.2 Å². The van der Waals surface area contributed by atoms with Gasteiger partial charge in [-0.2, -0.15) is 0 Å². The van der Waals surface area contributed by atoms with E-state index in [4.69, 9.17) is 0 Å². The van der Waals surface area contributed by atoms with E-state index in [1.807, 2.05) is 32.0 Å². The summed E-state index contributed by atoms with van der Waals surface area (Å²) in [6.07, 6.45) is 0. The number of carbonyl (C=O) groups excluding carboxylic acids is 1. The molecule has 0 aliphatic rings. The summed E-state index contributed by atoms with van der Waals surface area (Å²) in [6.45, 7) is 7.71. The van der Waals surface area contributed by atoms with E-state index in [9.17, 15) is 13.2 Å². The van der Waals surface area contributed by atoms with Gasteiger partial charge in [-0.1, -0.05) is 6.07 Å². The van der Waals surface area contributed by atoms with Crippen LogP contribution in [0.15, 0.2) is 42.5 Å². The molecule has 0 saturated heterocycles. The van der Waals surface area contributed by atoms with Crippen LogP contribution < -0.4 is 9.62 Å². The zero-order valence-corrected chi connectivity index (χ0v) is 15.9. The Bertz CT molecular complexity index is 838. The van der Waals surface area contributed by atoms with Gasteiger partial charge >= 0.3 is 0 Å². The van der Waals surface area contributed by atoms with Gasteiger partial charge in [-0.3, -0.25) is 9.10 Å². The SMILES string of the molecule is CCN(c1ccc(C(=O)Nc2cc(C)cc(C)c2)cc1)S(=O)(=O)CC. The molecule has 2 aromatic rings. The highest BCUT2D eigenvalue weighted by Gasteiger charge is 2.19. The molecular formula is C19H24N2O3S. The first-order valence-electron chi connectivity index (χ1n) is 8.27. The smallest absolute Gasteiger partial charge is 0.255 e. The van der Waals surface area contributed by atoms with Crippen LogP contribution in [-0.4, -0.2) is 26.6 Å². The standard InChI is InChI=1S/C19H24N2O3S/c1-5-21(25(23,24)6-2)18-9-7-16(8-10-18)19(22)20-17-12-14(3)11-15(4)13-17/h7-13H,5-6H2,1-4H3,(H,20,22). The zero-order valence-electron chi connectivity index (χ0n) is 15.0. The lowest BCUT2D eigenvalue weighted by molar-refractivity contribution is 0.102. The second-order valence-electron chi connectivity index (χ2n) is 5.94. The van der Waals surface area contributed by atoms with Crippen LogP contribution in [0.2, 0.25) is 0 Å². The van der Waals surface area contributed by atoms with Crippen molar-refractivity contribution in [1.29, 1.82) is 0 Å². The average Bonchev–Trinajstić information content (AvgIpc) is 2.55. The lowest BCUT2D eigenvalue weighted by atomic mass is 10.1. The minimum atomic E-state index is -3.32. The van der Waals surface area contributed by atoms with Gasteiger partial charge in [-0.15, -0.1) is 0 Å². The van der Waals surface area contributed by atoms with Crippen LogP contribution in [0, 0.1) is 13.8 Å². The lowest BCUT2D eigenvalue weighted by Crippen LogP contribution is -2.32. The van der Waals surface area contributed by atoms with Crippen molar-refractivity contribution >= 4 is 27.3 Å². The normalized spacial score (nSPS) is 11.2. The van der Waals surface area contributed by atoms with Crippen LogP contribution in [0.3, 0.4) is 0 Å². The van der Waals surface area contributed by atoms with Crippen molar-refractivity contribution in [3.05, 3.63) is 59.2 Å². The molecule has 5 nitrogen and oxygen atoms in total. The number of nitrogens with zero attached hydrogens (tertiary/aromatic N) is 1. The summed E-state index contributed by atoms with van der Waals surface area (Å²) in [5.74, 6) is -0.187. The summed E-state index contributed by atoms with van der Waals surface area (Å²) in [4.78, 5) is 12.4. The highest BCUT2D eigenvalue weighted by atomic mass is 32.2. The van der Waals surface area contributed by atoms with Crippen LogP contribution in [0.1, 0.15) is 35.3 Å². The highest BCUT2D eigenvalue weighted by Crippen LogP contribution is 2.20. The van der Waals surface area contributed by atoms with Gasteiger partial charge in [0.1, 0.15) is 0 Å². The van der Waals surface area contributed by atoms with Crippen LogP contribution in [0.5, 0.6) is 0 Å². The zero-order chi connectivity index (χ0) is 18.6. The Hall–Kier alpha value is -2.34. The fourth-order valence-corrected chi connectivity index (χ4v) is 3.87. The number of amides is 1. The fourth-order valence-electron chi connectivity index (χ4n) is 2.72. The minimum absolute atomic E-state index is 0.0375. The number of carbonyl (C=O) groups is 1. The van der Waals surface area contributed by atoms with E-state index in [-0.39, 0.29) is 11.7 Å². The Morgan fingerprint density at radius 3 is 2.04 bits per heavy atom. The minimum Gasteiger partial charge on any atom is -0.322 e. The van der Waals surface area contributed by atoms with Crippen LogP contribution in [0.4, 0.5) is 11.4 Å². The quantitative estimate of drug-likeness (QED) is 0.853. The summed E-state index contributed by atoms with van der Waals surface area (Å²) in [5, 5.41) is 2.87. The summed E-state index contributed by atoms with van der Waals surface area (Å²) in [5.41, 5.74) is 3.94. The molecule has 0 bridgehead atoms. The van der Waals surface area contributed by atoms with Crippen molar-refractivity contribution < 1.29 is 13.2 Å². The molecule has 2 aromatic carbocycles. The molecule has 0 radical (unpaired) electrons. The molecular weight excluding hydrogens is 336 g/mol. The monoisotopic (exact) mass is 360 g/mol. The molecule has 0 atom stereocenters. The van der Waals surface area contributed by atoms with Crippen molar-refractivity contribution in [2.45, 2.75) is 27.7 Å². The highest BCUT2D eigenvalue weighted by molar-refractivity contribution is 7.92. The third kappa shape index (κ3) is 4.60. The van der Waals surface area contributed by atoms with Gasteiger partial charge in [0, 0.05) is 17.8 Å². The molecule has 0 unspecified atom stereocenters. The van der Waals surface area contributed by atoms with E-state index in [2.05, 4.69) is 5.32 Å². The van der Waals surface area contributed by atoms with E-state index < -0.39 is 10.0 Å². The number of rotatable bonds is 6. The van der Waals surface area contributed by atoms with Crippen LogP contribution in [-0.2, 0) is 10.0 Å². The maximum Gasteiger partial charge on any atom is 0.255 e. The fraction of sp³-hybridized carbons (Fsp3) is 0.316. The molecule has 1 N–H and O–H groups in total. The molecule has 0 aromatic heterocycles. The van der Waals surface area contributed by atoms with Crippen LogP contribution >= 0.6 is 0 Å². The Morgan fingerprint density at radius 2 is 1.56 bits per heavy atom. The van der Waals surface area contributed by atoms with Crippen molar-refractivity contribution in [3.8, 4) is 0 Å². The molecule has 1 amide bonds. The first-order chi connectivity index (χ1) is 11.8. The number of anilines is 2. The van der Waals surface area contributed by atoms with Gasteiger partial charge in [-0.25, -0.2) is 8.42 Å². The molecule has 0 heterocycles. The summed E-state index contributed by atoms with van der Waals surface area (Å²) >= 11 is 0. The summed E-state index contributed by atoms with van der Waals surface area (Å²) in [6, 6.07) is 12.5. The Labute approximate surface area is 149 Å². The molecule has 0 aliphatic heterocycles. The topological polar surface area (TPSA) is 66.5 Å². The first kappa shape index (κ1) is 19.0. The van der Waals surface area contributed by atoms with E-state index in [1.165, 1.54) is 4.31 Å². The summed E-state index contributed by atoms with van der Waals surface area (Å²) in [7, 11) is -3.32. The van der Waals surface area contributed by atoms with Crippen molar-refractivity contribution in [1.82, 2.24) is 0 Å². The van der Waals surface area contributed by atoms with E-state index in [0.717, 1.165) is 16.8 Å². The molecule has 25 heavy (non-hydrogen) atoms. The van der Waals surface area contributed by atoms with Gasteiger partial charge in [0.05, 0.1) is 11.4 Å². The molecule has 2 rings (SSSR count). The Kier molecular flexibility index (Phi) is 5.85. The Balaban J connectivity index is 2.20. The van der Waals surface area contributed by atoms with Crippen LogP contribution in [0.25, 0.3) is 0 Å². The Morgan fingerprint density at radius 1 is 1.00 bits per heavy atom. The van der Waals surface area contributed by atoms with Crippen molar-refractivity contribution in [2.75, 3.05) is 21.9 Å². The molecule has 0 aliphatic carbocycles. The number of benzene rings is 2. The molecule has 0 fully saturated rings. The average molecular weight is 360 g/mol. The van der Waals surface area contributed by atoms with Gasteiger partial charge in [0.25, 0.3) is 5.91 Å². The number of nitrogens with one attached hydrogen (secondary N) is 1. The second kappa shape index (κ2) is 7.70. The maximum absolute atomic E-state index is 12.4. The van der Waals surface area contributed by atoms with Crippen molar-refractivity contribution in [3.63, 3.8) is 0 Å². The molecule has 134 valence electrons. The predicted molar refractivity (Wildman–Crippen MR) is 103 cm³/mol. The number of hydrogen-bond donors (Lipinski definition) is 1. The van der Waals surface area contributed by atoms with Crippen molar-refractivity contribution in [2.24, 2.45) is 0 Å². The predicted octanol–water partition coefficient (Wildman–Crippen LogP) is 3.73. The summed E-state index contributed by atoms with van der Waals surface area (Å²) < 4.78 is 25.5. The second-order valence-corrected chi connectivity index (χ2v) is 8.12. The molecule has 0 saturated carbocycles. The number of hydrogen-bond acceptors (Lipinski definition) is 3. The largest absolute Gasteiger partial charge is 0.322 e. The maximum atomic E-state index is 12.4. The number of aryl methyl sites for hydroxylation is 2. The molecule has 6 heteroatoms. The van der Waals surface area contributed by atoms with Gasteiger partial charge in [0.2, 0.25) is 10.0 Å². The van der Waals surface area contributed by atoms with Gasteiger partial charge < -0.3 is 5.32 Å². The van der Waals surface area contributed by atoms with E-state index in [1.54, 1.807) is 38.1 Å². The first-order valence-corrected chi connectivity index (χ1v) is 9.88.